The molecule has 0 aliphatic heterocycles. The summed E-state index contributed by atoms with van der Waals surface area (Å²) in [7, 11) is 1.26. The van der Waals surface area contributed by atoms with Gasteiger partial charge in [-0.15, -0.1) is 0 Å². The van der Waals surface area contributed by atoms with E-state index in [1.807, 2.05) is 30.3 Å². The molecule has 0 saturated carbocycles. The number of hydrogen-bond donors (Lipinski definition) is 2. The van der Waals surface area contributed by atoms with E-state index in [0.29, 0.717) is 19.4 Å². The topological polar surface area (TPSA) is 93.7 Å². The van der Waals surface area contributed by atoms with Crippen molar-refractivity contribution in [2.75, 3.05) is 13.7 Å². The minimum atomic E-state index is -0.789. The minimum Gasteiger partial charge on any atom is -0.467 e. The molecule has 0 saturated heterocycles. The lowest BCUT2D eigenvalue weighted by molar-refractivity contribution is -0.144. The Bertz CT molecular complexity index is 650. The lowest BCUT2D eigenvalue weighted by atomic mass is 10.1. The summed E-state index contributed by atoms with van der Waals surface area (Å²) in [5.74, 6) is -0.928. The van der Waals surface area contributed by atoms with E-state index in [-0.39, 0.29) is 0 Å². The van der Waals surface area contributed by atoms with E-state index < -0.39 is 29.6 Å². The molecule has 2 N–H and O–H groups in total. The average Bonchev–Trinajstić information content (AvgIpc) is 2.61. The van der Waals surface area contributed by atoms with Gasteiger partial charge >= 0.3 is 12.1 Å². The van der Waals surface area contributed by atoms with Crippen LogP contribution in [0.2, 0.25) is 0 Å². The molecular weight excluding hydrogens is 348 g/mol. The molecule has 7 nitrogen and oxygen atoms in total. The first-order valence-electron chi connectivity index (χ1n) is 8.79. The maximum Gasteiger partial charge on any atom is 0.407 e. The number of rotatable bonds is 8. The molecule has 0 aliphatic carbocycles. The molecule has 0 aromatic heterocycles. The Balaban J connectivity index is 2.46. The summed E-state index contributed by atoms with van der Waals surface area (Å²) in [6, 6.07) is 8.56. The van der Waals surface area contributed by atoms with Crippen molar-refractivity contribution in [2.45, 2.75) is 45.3 Å². The molecule has 0 spiro atoms. The van der Waals surface area contributed by atoms with Gasteiger partial charge in [-0.1, -0.05) is 30.3 Å². The van der Waals surface area contributed by atoms with Gasteiger partial charge in [0.05, 0.1) is 7.11 Å². The second kappa shape index (κ2) is 11.0. The molecule has 1 aromatic rings. The second-order valence-electron chi connectivity index (χ2n) is 6.90. The van der Waals surface area contributed by atoms with Crippen LogP contribution in [0.1, 0.15) is 39.2 Å². The number of ether oxygens (including phenoxy) is 2. The van der Waals surface area contributed by atoms with Crippen LogP contribution in [0.25, 0.3) is 6.08 Å². The van der Waals surface area contributed by atoms with Gasteiger partial charge in [-0.3, -0.25) is 4.79 Å². The highest BCUT2D eigenvalue weighted by Gasteiger charge is 2.20. The lowest BCUT2D eigenvalue weighted by Gasteiger charge is -2.20. The van der Waals surface area contributed by atoms with Gasteiger partial charge in [0.1, 0.15) is 11.6 Å². The molecule has 0 bridgehead atoms. The fraction of sp³-hybridized carbons (Fsp3) is 0.450. The third kappa shape index (κ3) is 10.0. The van der Waals surface area contributed by atoms with Crippen LogP contribution >= 0.6 is 0 Å². The largest absolute Gasteiger partial charge is 0.467 e. The van der Waals surface area contributed by atoms with Crippen LogP contribution < -0.4 is 10.6 Å². The molecule has 1 aromatic carbocycles. The fourth-order valence-corrected chi connectivity index (χ4v) is 2.16. The van der Waals surface area contributed by atoms with Crippen LogP contribution in [0.4, 0.5) is 4.79 Å². The van der Waals surface area contributed by atoms with Crippen LogP contribution in [0, 0.1) is 0 Å². The maximum absolute atomic E-state index is 12.0. The molecule has 1 rings (SSSR count). The Hall–Kier alpha value is -2.83. The van der Waals surface area contributed by atoms with E-state index in [1.54, 1.807) is 26.8 Å². The van der Waals surface area contributed by atoms with Crippen molar-refractivity contribution in [3.63, 3.8) is 0 Å². The predicted octanol–water partition coefficient (Wildman–Crippen LogP) is 2.66. The summed E-state index contributed by atoms with van der Waals surface area (Å²) < 4.78 is 9.86. The Labute approximate surface area is 160 Å². The summed E-state index contributed by atoms with van der Waals surface area (Å²) in [6.45, 7) is 5.65. The number of hydrogen-bond acceptors (Lipinski definition) is 5. The third-order valence-electron chi connectivity index (χ3n) is 3.37. The van der Waals surface area contributed by atoms with Gasteiger partial charge in [0.15, 0.2) is 0 Å². The standard InChI is InChI=1S/C20H28N2O5/c1-20(2,3)27-19(25)21-14-8-11-16(18(24)26-4)22-17(23)13-12-15-9-6-5-7-10-15/h5-7,9-10,12-13,16H,8,11,14H2,1-4H3,(H,21,25)(H,22,23)/b13-12+/t16-/m0/s1. The van der Waals surface area contributed by atoms with E-state index in [0.717, 1.165) is 5.56 Å². The molecule has 0 heterocycles. The van der Waals surface area contributed by atoms with Gasteiger partial charge in [0, 0.05) is 12.6 Å². The van der Waals surface area contributed by atoms with Gasteiger partial charge in [0.2, 0.25) is 5.91 Å². The Morgan fingerprint density at radius 1 is 1.15 bits per heavy atom. The van der Waals surface area contributed by atoms with Crippen molar-refractivity contribution in [3.05, 3.63) is 42.0 Å². The van der Waals surface area contributed by atoms with Crippen molar-refractivity contribution in [3.8, 4) is 0 Å². The summed E-state index contributed by atoms with van der Waals surface area (Å²) in [5, 5.41) is 5.23. The molecule has 2 amide bonds. The SMILES string of the molecule is COC(=O)[C@H](CCCNC(=O)OC(C)(C)C)NC(=O)/C=C/c1ccccc1. The Morgan fingerprint density at radius 2 is 1.81 bits per heavy atom. The number of methoxy groups -OCH3 is 1. The fourth-order valence-electron chi connectivity index (χ4n) is 2.16. The Kier molecular flexibility index (Phi) is 9.05. The van der Waals surface area contributed by atoms with E-state index in [4.69, 9.17) is 9.47 Å². The first kappa shape index (κ1) is 22.2. The molecular formula is C20H28N2O5. The van der Waals surface area contributed by atoms with Crippen LogP contribution in [0.3, 0.4) is 0 Å². The number of carbonyl (C=O) groups is 3. The van der Waals surface area contributed by atoms with Gasteiger partial charge in [-0.05, 0) is 45.3 Å². The van der Waals surface area contributed by atoms with Gasteiger partial charge in [0.25, 0.3) is 0 Å². The molecule has 0 aliphatic rings. The van der Waals surface area contributed by atoms with Crippen molar-refractivity contribution >= 4 is 24.0 Å². The third-order valence-corrected chi connectivity index (χ3v) is 3.37. The highest BCUT2D eigenvalue weighted by Crippen LogP contribution is 2.07. The highest BCUT2D eigenvalue weighted by atomic mass is 16.6. The average molecular weight is 376 g/mol. The first-order valence-corrected chi connectivity index (χ1v) is 8.79. The number of nitrogens with one attached hydrogen (secondary N) is 2. The lowest BCUT2D eigenvalue weighted by Crippen LogP contribution is -2.41. The summed E-state index contributed by atoms with van der Waals surface area (Å²) in [5.41, 5.74) is 0.307. The van der Waals surface area contributed by atoms with Crippen LogP contribution in [-0.4, -0.2) is 43.3 Å². The molecule has 1 atom stereocenters. The monoisotopic (exact) mass is 376 g/mol. The number of esters is 1. The minimum absolute atomic E-state index is 0.318. The van der Waals surface area contributed by atoms with Crippen LogP contribution in [0.5, 0.6) is 0 Å². The molecule has 27 heavy (non-hydrogen) atoms. The molecule has 0 unspecified atom stereocenters. The smallest absolute Gasteiger partial charge is 0.407 e. The number of amides is 2. The number of carbonyl (C=O) groups excluding carboxylic acids is 3. The normalized spacial score (nSPS) is 12.3. The number of alkyl carbamates (subject to hydrolysis) is 1. The zero-order valence-corrected chi connectivity index (χ0v) is 16.3. The van der Waals surface area contributed by atoms with E-state index >= 15 is 0 Å². The predicted molar refractivity (Wildman–Crippen MR) is 103 cm³/mol. The molecule has 148 valence electrons. The van der Waals surface area contributed by atoms with Gasteiger partial charge in [-0.2, -0.15) is 0 Å². The Morgan fingerprint density at radius 3 is 2.41 bits per heavy atom. The number of benzene rings is 1. The van der Waals surface area contributed by atoms with Crippen LogP contribution in [-0.2, 0) is 19.1 Å². The zero-order valence-electron chi connectivity index (χ0n) is 16.3. The van der Waals surface area contributed by atoms with E-state index in [9.17, 15) is 14.4 Å². The van der Waals surface area contributed by atoms with Crippen molar-refractivity contribution < 1.29 is 23.9 Å². The summed E-state index contributed by atoms with van der Waals surface area (Å²) in [4.78, 5) is 35.5. The molecule has 0 fully saturated rings. The quantitative estimate of drug-likeness (QED) is 0.413. The van der Waals surface area contributed by atoms with Crippen molar-refractivity contribution in [1.82, 2.24) is 10.6 Å². The second-order valence-corrected chi connectivity index (χ2v) is 6.90. The molecule has 0 radical (unpaired) electrons. The van der Waals surface area contributed by atoms with Crippen molar-refractivity contribution in [1.29, 1.82) is 0 Å². The first-order chi connectivity index (χ1) is 12.7. The van der Waals surface area contributed by atoms with Crippen molar-refractivity contribution in [2.24, 2.45) is 0 Å². The van der Waals surface area contributed by atoms with Crippen LogP contribution in [0.15, 0.2) is 36.4 Å². The highest BCUT2D eigenvalue weighted by molar-refractivity contribution is 5.94. The van der Waals surface area contributed by atoms with E-state index in [2.05, 4.69) is 10.6 Å². The zero-order chi connectivity index (χ0) is 20.3. The maximum atomic E-state index is 12.0. The summed E-state index contributed by atoms with van der Waals surface area (Å²) >= 11 is 0. The summed E-state index contributed by atoms with van der Waals surface area (Å²) in [6.07, 6.45) is 3.31. The van der Waals surface area contributed by atoms with E-state index in [1.165, 1.54) is 13.2 Å². The van der Waals surface area contributed by atoms with Gasteiger partial charge < -0.3 is 20.1 Å². The van der Waals surface area contributed by atoms with Gasteiger partial charge in [-0.25, -0.2) is 9.59 Å². The molecule has 7 heteroatoms.